The number of anilines is 1. The molecule has 0 unspecified atom stereocenters. The van der Waals surface area contributed by atoms with E-state index in [9.17, 15) is 9.59 Å². The van der Waals surface area contributed by atoms with Gasteiger partial charge in [-0.05, 0) is 75.9 Å². The van der Waals surface area contributed by atoms with E-state index in [1.165, 1.54) is 6.21 Å². The van der Waals surface area contributed by atoms with E-state index >= 15 is 0 Å². The largest absolute Gasteiger partial charge is 0.490 e. The minimum atomic E-state index is -0.931. The molecule has 0 aliphatic heterocycles. The van der Waals surface area contributed by atoms with Crippen LogP contribution in [0.3, 0.4) is 0 Å². The lowest BCUT2D eigenvalue weighted by Crippen LogP contribution is -2.32. The van der Waals surface area contributed by atoms with Crippen LogP contribution in [0.1, 0.15) is 23.6 Å². The first kappa shape index (κ1) is 26.7. The van der Waals surface area contributed by atoms with Crippen molar-refractivity contribution in [3.8, 4) is 17.6 Å². The zero-order valence-electron chi connectivity index (χ0n) is 19.3. The van der Waals surface area contributed by atoms with Crippen LogP contribution >= 0.6 is 27.5 Å². The standard InChI is InChI=1S/C26H22BrClN4O4/c1-2-35-23-14-19(13-22(27)24(23)36-16-18-3-7-20(28)8-4-18)15-30-32-26(34)25(33)31-21-9-5-17(6-10-21)11-12-29/h3-10,13-15H,2,11,16H2,1H3,(H,31,33)(H,32,34)/b30-15+. The van der Waals surface area contributed by atoms with Crippen LogP contribution in [0.4, 0.5) is 5.69 Å². The maximum atomic E-state index is 12.1. The Morgan fingerprint density at radius 2 is 1.75 bits per heavy atom. The zero-order valence-corrected chi connectivity index (χ0v) is 21.6. The number of rotatable bonds is 9. The fraction of sp³-hybridized carbons (Fsp3) is 0.154. The smallest absolute Gasteiger partial charge is 0.329 e. The molecule has 2 N–H and O–H groups in total. The molecule has 3 aromatic carbocycles. The van der Waals surface area contributed by atoms with Crippen molar-refractivity contribution in [1.82, 2.24) is 5.43 Å². The Balaban J connectivity index is 1.61. The summed E-state index contributed by atoms with van der Waals surface area (Å²) in [6.45, 7) is 2.59. The number of nitriles is 1. The van der Waals surface area contributed by atoms with Gasteiger partial charge in [-0.2, -0.15) is 10.4 Å². The first-order valence-electron chi connectivity index (χ1n) is 10.8. The highest BCUT2D eigenvalue weighted by Gasteiger charge is 2.14. The molecule has 184 valence electrons. The van der Waals surface area contributed by atoms with Crippen molar-refractivity contribution in [2.45, 2.75) is 20.0 Å². The highest BCUT2D eigenvalue weighted by Crippen LogP contribution is 2.37. The zero-order chi connectivity index (χ0) is 25.9. The van der Waals surface area contributed by atoms with Crippen LogP contribution in [0, 0.1) is 11.3 Å². The normalized spacial score (nSPS) is 10.5. The van der Waals surface area contributed by atoms with Crippen LogP contribution in [0.25, 0.3) is 0 Å². The number of carbonyl (C=O) groups is 2. The fourth-order valence-corrected chi connectivity index (χ4v) is 3.70. The Bertz CT molecular complexity index is 1290. The maximum Gasteiger partial charge on any atom is 0.329 e. The number of carbonyl (C=O) groups excluding carboxylic acids is 2. The first-order chi connectivity index (χ1) is 17.4. The molecule has 0 spiro atoms. The predicted octanol–water partition coefficient (Wildman–Crippen LogP) is 5.24. The van der Waals surface area contributed by atoms with Crippen LogP contribution in [-0.4, -0.2) is 24.6 Å². The molecule has 36 heavy (non-hydrogen) atoms. The quantitative estimate of drug-likeness (QED) is 0.208. The Hall–Kier alpha value is -3.87. The second kappa shape index (κ2) is 13.3. The average Bonchev–Trinajstić information content (AvgIpc) is 2.86. The summed E-state index contributed by atoms with van der Waals surface area (Å²) in [5.74, 6) is -0.791. The monoisotopic (exact) mass is 568 g/mol. The summed E-state index contributed by atoms with van der Waals surface area (Å²) in [5.41, 5.74) is 4.99. The lowest BCUT2D eigenvalue weighted by Gasteiger charge is -2.14. The van der Waals surface area contributed by atoms with Crippen LogP contribution in [0.5, 0.6) is 11.5 Å². The van der Waals surface area contributed by atoms with Crippen LogP contribution < -0.4 is 20.2 Å². The third-order valence-electron chi connectivity index (χ3n) is 4.71. The molecule has 0 aliphatic carbocycles. The average molecular weight is 570 g/mol. The molecule has 0 fully saturated rings. The van der Waals surface area contributed by atoms with Gasteiger partial charge in [0.2, 0.25) is 0 Å². The molecule has 3 aromatic rings. The summed E-state index contributed by atoms with van der Waals surface area (Å²) in [5, 5.41) is 15.7. The van der Waals surface area contributed by atoms with Gasteiger partial charge in [0.05, 0.1) is 29.8 Å². The van der Waals surface area contributed by atoms with Crippen molar-refractivity contribution in [3.05, 3.63) is 86.8 Å². The van der Waals surface area contributed by atoms with Gasteiger partial charge in [0.1, 0.15) is 6.61 Å². The van der Waals surface area contributed by atoms with Gasteiger partial charge in [-0.15, -0.1) is 0 Å². The van der Waals surface area contributed by atoms with Gasteiger partial charge in [0, 0.05) is 10.7 Å². The number of benzene rings is 3. The van der Waals surface area contributed by atoms with Crippen LogP contribution in [-0.2, 0) is 22.6 Å². The Morgan fingerprint density at radius 1 is 1.06 bits per heavy atom. The Labute approximate surface area is 222 Å². The summed E-state index contributed by atoms with van der Waals surface area (Å²) < 4.78 is 12.3. The van der Waals surface area contributed by atoms with E-state index in [0.717, 1.165) is 11.1 Å². The third-order valence-corrected chi connectivity index (χ3v) is 5.55. The molecular formula is C26H22BrClN4O4. The molecule has 0 bridgehead atoms. The number of ether oxygens (including phenoxy) is 2. The highest BCUT2D eigenvalue weighted by atomic mass is 79.9. The van der Waals surface area contributed by atoms with Crippen molar-refractivity contribution in [2.24, 2.45) is 5.10 Å². The van der Waals surface area contributed by atoms with Gasteiger partial charge < -0.3 is 14.8 Å². The topological polar surface area (TPSA) is 113 Å². The van der Waals surface area contributed by atoms with Crippen molar-refractivity contribution in [1.29, 1.82) is 5.26 Å². The van der Waals surface area contributed by atoms with E-state index in [0.29, 0.717) is 45.5 Å². The number of halogens is 2. The second-order valence-electron chi connectivity index (χ2n) is 7.36. The van der Waals surface area contributed by atoms with E-state index in [1.807, 2.05) is 25.1 Å². The van der Waals surface area contributed by atoms with E-state index in [-0.39, 0.29) is 6.42 Å². The Morgan fingerprint density at radius 3 is 2.42 bits per heavy atom. The fourth-order valence-electron chi connectivity index (χ4n) is 3.00. The molecule has 0 aromatic heterocycles. The Kier molecular flexibility index (Phi) is 9.86. The molecule has 2 amide bonds. The number of hydrogen-bond acceptors (Lipinski definition) is 6. The predicted molar refractivity (Wildman–Crippen MR) is 141 cm³/mol. The molecule has 8 nitrogen and oxygen atoms in total. The van der Waals surface area contributed by atoms with Crippen molar-refractivity contribution in [3.63, 3.8) is 0 Å². The lowest BCUT2D eigenvalue weighted by atomic mass is 10.1. The molecule has 0 aliphatic rings. The van der Waals surface area contributed by atoms with E-state index < -0.39 is 11.8 Å². The second-order valence-corrected chi connectivity index (χ2v) is 8.65. The lowest BCUT2D eigenvalue weighted by molar-refractivity contribution is -0.136. The van der Waals surface area contributed by atoms with Crippen molar-refractivity contribution < 1.29 is 19.1 Å². The first-order valence-corrected chi connectivity index (χ1v) is 12.0. The van der Waals surface area contributed by atoms with E-state index in [4.69, 9.17) is 26.3 Å². The SMILES string of the molecule is CCOc1cc(/C=N/NC(=O)C(=O)Nc2ccc(CC#N)cc2)cc(Br)c1OCc1ccc(Cl)cc1. The molecular weight excluding hydrogens is 548 g/mol. The third kappa shape index (κ3) is 7.83. The molecule has 0 heterocycles. The molecule has 0 saturated carbocycles. The highest BCUT2D eigenvalue weighted by molar-refractivity contribution is 9.10. The molecule has 0 atom stereocenters. The summed E-state index contributed by atoms with van der Waals surface area (Å²) in [6.07, 6.45) is 1.65. The molecule has 0 radical (unpaired) electrons. The minimum absolute atomic E-state index is 0.264. The maximum absolute atomic E-state index is 12.1. The molecule has 0 saturated heterocycles. The van der Waals surface area contributed by atoms with Gasteiger partial charge in [0.25, 0.3) is 0 Å². The van der Waals surface area contributed by atoms with Gasteiger partial charge in [0.15, 0.2) is 11.5 Å². The van der Waals surface area contributed by atoms with Gasteiger partial charge >= 0.3 is 11.8 Å². The molecule has 10 heteroatoms. The summed E-state index contributed by atoms with van der Waals surface area (Å²) >= 11 is 9.42. The van der Waals surface area contributed by atoms with Gasteiger partial charge in [-0.3, -0.25) is 9.59 Å². The van der Waals surface area contributed by atoms with Crippen molar-refractivity contribution >= 4 is 51.2 Å². The number of amides is 2. The minimum Gasteiger partial charge on any atom is -0.490 e. The van der Waals surface area contributed by atoms with E-state index in [2.05, 4.69) is 31.8 Å². The summed E-state index contributed by atoms with van der Waals surface area (Å²) in [6, 6.07) is 19.5. The number of nitrogens with one attached hydrogen (secondary N) is 2. The van der Waals surface area contributed by atoms with Gasteiger partial charge in [-0.1, -0.05) is 35.9 Å². The van der Waals surface area contributed by atoms with Gasteiger partial charge in [-0.25, -0.2) is 5.43 Å². The van der Waals surface area contributed by atoms with Crippen LogP contribution in [0.2, 0.25) is 5.02 Å². The van der Waals surface area contributed by atoms with Crippen molar-refractivity contribution in [2.75, 3.05) is 11.9 Å². The number of nitrogens with zero attached hydrogens (tertiary/aromatic N) is 2. The summed E-state index contributed by atoms with van der Waals surface area (Å²) in [4.78, 5) is 24.2. The molecule has 3 rings (SSSR count). The number of hydrazone groups is 1. The van der Waals surface area contributed by atoms with Crippen LogP contribution in [0.15, 0.2) is 70.2 Å². The number of hydrogen-bond donors (Lipinski definition) is 2. The summed E-state index contributed by atoms with van der Waals surface area (Å²) in [7, 11) is 0. The van der Waals surface area contributed by atoms with E-state index in [1.54, 1.807) is 48.5 Å².